The van der Waals surface area contributed by atoms with Crippen LogP contribution in [-0.2, 0) is 12.8 Å². The van der Waals surface area contributed by atoms with E-state index < -0.39 is 0 Å². The van der Waals surface area contributed by atoms with Crippen molar-refractivity contribution in [2.45, 2.75) is 39.5 Å². The van der Waals surface area contributed by atoms with E-state index >= 15 is 0 Å². The Bertz CT molecular complexity index is 931. The topological polar surface area (TPSA) is 64.7 Å². The molecule has 0 saturated heterocycles. The maximum Gasteiger partial charge on any atom is 0.239 e. The molecule has 2 aromatic heterocycles. The van der Waals surface area contributed by atoms with Gasteiger partial charge in [0.2, 0.25) is 5.55 Å². The summed E-state index contributed by atoms with van der Waals surface area (Å²) in [5.74, 6) is 5.53. The van der Waals surface area contributed by atoms with Gasteiger partial charge in [0.1, 0.15) is 11.2 Å². The summed E-state index contributed by atoms with van der Waals surface area (Å²) in [6.07, 6.45) is 6.17. The Hall–Kier alpha value is -2.23. The van der Waals surface area contributed by atoms with Gasteiger partial charge in [-0.2, -0.15) is 0 Å². The highest BCUT2D eigenvalue weighted by atomic mass is 16.3. The van der Waals surface area contributed by atoms with Crippen LogP contribution in [0.1, 0.15) is 35.1 Å². The summed E-state index contributed by atoms with van der Waals surface area (Å²) in [5, 5.41) is 6.15. The van der Waals surface area contributed by atoms with Crippen LogP contribution in [0.4, 0.5) is 0 Å². The van der Waals surface area contributed by atoms with Gasteiger partial charge in [-0.1, -0.05) is 0 Å². The Kier molecular flexibility index (Phi) is 2.61. The second kappa shape index (κ2) is 4.38. The minimum absolute atomic E-state index is 0.569. The van der Waals surface area contributed by atoms with Crippen molar-refractivity contribution in [3.63, 3.8) is 0 Å². The van der Waals surface area contributed by atoms with Gasteiger partial charge in [0, 0.05) is 10.9 Å². The Morgan fingerprint density at radius 2 is 1.81 bits per heavy atom. The average Bonchev–Trinajstić information content (AvgIpc) is 2.88. The third-order valence-electron chi connectivity index (χ3n) is 4.54. The van der Waals surface area contributed by atoms with E-state index in [0.29, 0.717) is 5.55 Å². The van der Waals surface area contributed by atoms with Gasteiger partial charge >= 0.3 is 0 Å². The van der Waals surface area contributed by atoms with Crippen LogP contribution in [0.5, 0.6) is 0 Å². The average molecular weight is 282 g/mol. The van der Waals surface area contributed by atoms with Crippen LogP contribution in [0.25, 0.3) is 21.9 Å². The first-order valence-electron chi connectivity index (χ1n) is 7.40. The van der Waals surface area contributed by atoms with E-state index in [1.54, 1.807) is 0 Å². The van der Waals surface area contributed by atoms with Crippen LogP contribution < -0.4 is 11.4 Å². The van der Waals surface area contributed by atoms with Gasteiger partial charge in [-0.05, 0) is 62.3 Å². The highest BCUT2D eigenvalue weighted by molar-refractivity contribution is 6.06. The molecular formula is C17H18N2O2. The molecule has 21 heavy (non-hydrogen) atoms. The molecule has 0 atom stereocenters. The van der Waals surface area contributed by atoms with E-state index in [0.717, 1.165) is 46.9 Å². The van der Waals surface area contributed by atoms with Crippen molar-refractivity contribution >= 4 is 21.9 Å². The number of fused-ring (bicyclic) bond motifs is 5. The van der Waals surface area contributed by atoms with Crippen molar-refractivity contribution in [2.75, 3.05) is 0 Å². The smallest absolute Gasteiger partial charge is 0.239 e. The number of furan rings is 1. The molecule has 2 heterocycles. The second-order valence-corrected chi connectivity index (χ2v) is 5.89. The zero-order chi connectivity index (χ0) is 14.6. The Morgan fingerprint density at radius 3 is 2.57 bits per heavy atom. The zero-order valence-electron chi connectivity index (χ0n) is 12.3. The third-order valence-corrected chi connectivity index (χ3v) is 4.54. The normalized spacial score (nSPS) is 15.8. The second-order valence-electron chi connectivity index (χ2n) is 5.89. The fourth-order valence-corrected chi connectivity index (χ4v) is 3.62. The van der Waals surface area contributed by atoms with Crippen molar-refractivity contribution < 1.29 is 8.83 Å². The lowest BCUT2D eigenvalue weighted by atomic mass is 9.89. The summed E-state index contributed by atoms with van der Waals surface area (Å²) in [5.41, 5.74) is 7.10. The summed E-state index contributed by atoms with van der Waals surface area (Å²) in [4.78, 5) is 0. The van der Waals surface area contributed by atoms with E-state index in [9.17, 15) is 0 Å². The molecule has 0 spiro atoms. The fourth-order valence-electron chi connectivity index (χ4n) is 3.62. The van der Waals surface area contributed by atoms with Crippen molar-refractivity contribution in [3.8, 4) is 0 Å². The maximum atomic E-state index is 5.96. The van der Waals surface area contributed by atoms with Gasteiger partial charge in [-0.3, -0.25) is 0 Å². The van der Waals surface area contributed by atoms with Gasteiger partial charge in [0.05, 0.1) is 11.6 Å². The quantitative estimate of drug-likeness (QED) is 0.507. The van der Waals surface area contributed by atoms with E-state index in [4.69, 9.17) is 14.7 Å². The molecule has 3 aromatic rings. The SMILES string of the molecule is Cc1coc2c1c(C)cc1o/c(=N\N)c3c(c12)CCCC3. The Labute approximate surface area is 122 Å². The van der Waals surface area contributed by atoms with Gasteiger partial charge in [0.15, 0.2) is 0 Å². The van der Waals surface area contributed by atoms with Crippen LogP contribution in [-0.4, -0.2) is 0 Å². The summed E-state index contributed by atoms with van der Waals surface area (Å²) in [6, 6.07) is 2.07. The lowest BCUT2D eigenvalue weighted by Crippen LogP contribution is -2.19. The fraction of sp³-hybridized carbons (Fsp3) is 0.353. The van der Waals surface area contributed by atoms with Gasteiger partial charge in [-0.15, -0.1) is 5.10 Å². The molecule has 0 bridgehead atoms. The van der Waals surface area contributed by atoms with E-state index in [1.165, 1.54) is 22.9 Å². The van der Waals surface area contributed by atoms with Crippen molar-refractivity contribution in [1.82, 2.24) is 0 Å². The number of rotatable bonds is 0. The lowest BCUT2D eigenvalue weighted by molar-refractivity contribution is 0.510. The molecule has 4 heteroatoms. The predicted octanol–water partition coefficient (Wildman–Crippen LogP) is 3.45. The van der Waals surface area contributed by atoms with Gasteiger partial charge in [0.25, 0.3) is 0 Å². The first kappa shape index (κ1) is 12.5. The molecule has 0 unspecified atom stereocenters. The summed E-state index contributed by atoms with van der Waals surface area (Å²) >= 11 is 0. The molecule has 4 rings (SSSR count). The molecule has 0 radical (unpaired) electrons. The van der Waals surface area contributed by atoms with E-state index in [-0.39, 0.29) is 0 Å². The molecule has 2 N–H and O–H groups in total. The molecular weight excluding hydrogens is 264 g/mol. The Morgan fingerprint density at radius 1 is 1.05 bits per heavy atom. The summed E-state index contributed by atoms with van der Waals surface area (Å²) in [7, 11) is 0. The summed E-state index contributed by atoms with van der Waals surface area (Å²) in [6.45, 7) is 4.16. The number of nitrogens with two attached hydrogens (primary N) is 1. The largest absolute Gasteiger partial charge is 0.463 e. The molecule has 1 aliphatic rings. The highest BCUT2D eigenvalue weighted by Gasteiger charge is 2.21. The minimum Gasteiger partial charge on any atom is -0.463 e. The molecule has 108 valence electrons. The number of hydrogen-bond acceptors (Lipinski definition) is 4. The zero-order valence-corrected chi connectivity index (χ0v) is 12.3. The minimum atomic E-state index is 0.569. The number of benzene rings is 1. The van der Waals surface area contributed by atoms with E-state index in [2.05, 4.69) is 25.0 Å². The third kappa shape index (κ3) is 1.65. The summed E-state index contributed by atoms with van der Waals surface area (Å²) < 4.78 is 11.8. The van der Waals surface area contributed by atoms with Crippen LogP contribution in [0.15, 0.2) is 26.3 Å². The van der Waals surface area contributed by atoms with E-state index in [1.807, 2.05) is 6.26 Å². The first-order chi connectivity index (χ1) is 10.2. The van der Waals surface area contributed by atoms with Crippen LogP contribution in [0.2, 0.25) is 0 Å². The van der Waals surface area contributed by atoms with Crippen molar-refractivity contribution in [2.24, 2.45) is 10.9 Å². The number of aryl methyl sites for hydroxylation is 3. The van der Waals surface area contributed by atoms with Crippen LogP contribution in [0.3, 0.4) is 0 Å². The number of hydrogen-bond donors (Lipinski definition) is 1. The highest BCUT2D eigenvalue weighted by Crippen LogP contribution is 2.36. The standard InChI is InChI=1S/C17H18N2O2/c1-9-7-13-15(16-14(9)10(2)8-20-16)11-5-3-4-6-12(11)17(19-18)21-13/h7-8H,3-6,18H2,1-2H3/b19-17-. The Balaban J connectivity index is 2.28. The molecule has 0 fully saturated rings. The molecule has 0 amide bonds. The van der Waals surface area contributed by atoms with Crippen LogP contribution in [0, 0.1) is 13.8 Å². The van der Waals surface area contributed by atoms with Crippen molar-refractivity contribution in [1.29, 1.82) is 0 Å². The molecule has 4 nitrogen and oxygen atoms in total. The maximum absolute atomic E-state index is 5.96. The van der Waals surface area contributed by atoms with Gasteiger partial charge in [-0.25, -0.2) is 0 Å². The first-order valence-corrected chi connectivity index (χ1v) is 7.40. The van der Waals surface area contributed by atoms with Crippen molar-refractivity contribution in [3.05, 3.63) is 40.1 Å². The molecule has 0 aliphatic heterocycles. The van der Waals surface area contributed by atoms with Gasteiger partial charge < -0.3 is 14.7 Å². The number of nitrogens with zero attached hydrogens (tertiary/aromatic N) is 1. The van der Waals surface area contributed by atoms with Crippen LogP contribution >= 0.6 is 0 Å². The molecule has 0 saturated carbocycles. The lowest BCUT2D eigenvalue weighted by Gasteiger charge is -2.17. The molecule has 1 aromatic carbocycles. The monoisotopic (exact) mass is 282 g/mol. The molecule has 1 aliphatic carbocycles. The predicted molar refractivity (Wildman–Crippen MR) is 81.9 cm³/mol.